The minimum Gasteiger partial charge on any atom is -0.297 e. The zero-order valence-corrected chi connectivity index (χ0v) is 15.3. The Kier molecular flexibility index (Phi) is 4.94. The monoisotopic (exact) mass is 356 g/mol. The molecule has 2 heterocycles. The van der Waals surface area contributed by atoms with E-state index in [-0.39, 0.29) is 11.8 Å². The number of carbonyl (C=O) groups excluding carboxylic acids is 2. The van der Waals surface area contributed by atoms with E-state index < -0.39 is 0 Å². The lowest BCUT2D eigenvalue weighted by molar-refractivity contribution is -0.130. The number of hydrazone groups is 1. The Morgan fingerprint density at radius 3 is 2.60 bits per heavy atom. The number of thiazole rings is 1. The van der Waals surface area contributed by atoms with Gasteiger partial charge in [-0.05, 0) is 11.5 Å². The van der Waals surface area contributed by atoms with Gasteiger partial charge >= 0.3 is 0 Å². The lowest BCUT2D eigenvalue weighted by atomic mass is 10.0. The summed E-state index contributed by atoms with van der Waals surface area (Å²) < 4.78 is 0. The van der Waals surface area contributed by atoms with Crippen LogP contribution in [0.3, 0.4) is 0 Å². The third-order valence-electron chi connectivity index (χ3n) is 4.07. The molecule has 0 saturated heterocycles. The van der Waals surface area contributed by atoms with Gasteiger partial charge in [0.15, 0.2) is 5.13 Å². The van der Waals surface area contributed by atoms with Crippen LogP contribution in [0.5, 0.6) is 0 Å². The molecule has 3 rings (SSSR count). The quantitative estimate of drug-likeness (QED) is 0.911. The van der Waals surface area contributed by atoms with E-state index in [0.717, 1.165) is 11.3 Å². The number of carbonyl (C=O) groups is 2. The Labute approximate surface area is 150 Å². The number of aromatic nitrogens is 1. The fourth-order valence-corrected chi connectivity index (χ4v) is 3.22. The summed E-state index contributed by atoms with van der Waals surface area (Å²) in [4.78, 5) is 28.2. The molecule has 0 unspecified atom stereocenters. The van der Waals surface area contributed by atoms with E-state index in [1.165, 1.54) is 21.9 Å². The smallest absolute Gasteiger partial charge is 0.273 e. The lowest BCUT2D eigenvalue weighted by Gasteiger charge is -2.18. The molecule has 7 heteroatoms. The molecule has 2 amide bonds. The van der Waals surface area contributed by atoms with Crippen LogP contribution in [0.15, 0.2) is 34.7 Å². The molecule has 6 nitrogen and oxygen atoms in total. The summed E-state index contributed by atoms with van der Waals surface area (Å²) in [5.41, 5.74) is 3.47. The van der Waals surface area contributed by atoms with Gasteiger partial charge < -0.3 is 0 Å². The zero-order valence-electron chi connectivity index (χ0n) is 14.4. The molecule has 2 aromatic rings. The molecule has 0 bridgehead atoms. The van der Waals surface area contributed by atoms with E-state index in [9.17, 15) is 9.59 Å². The zero-order chi connectivity index (χ0) is 18.0. The molecule has 130 valence electrons. The summed E-state index contributed by atoms with van der Waals surface area (Å²) in [7, 11) is 1.55. The maximum absolute atomic E-state index is 12.3. The molecule has 0 aliphatic carbocycles. The van der Waals surface area contributed by atoms with Crippen molar-refractivity contribution in [2.75, 3.05) is 12.4 Å². The SMILES string of the molecule is CC(C)c1ccc(-c2csc(NC(=O)C3=NN(C)C(=O)CC3)n2)cc1. The van der Waals surface area contributed by atoms with Crippen LogP contribution in [0, 0.1) is 0 Å². The summed E-state index contributed by atoms with van der Waals surface area (Å²) in [6, 6.07) is 8.28. The van der Waals surface area contributed by atoms with Crippen molar-refractivity contribution in [1.82, 2.24) is 9.99 Å². The molecule has 0 atom stereocenters. The van der Waals surface area contributed by atoms with E-state index in [1.54, 1.807) is 7.05 Å². The first kappa shape index (κ1) is 17.3. The largest absolute Gasteiger partial charge is 0.297 e. The van der Waals surface area contributed by atoms with Gasteiger partial charge in [0.05, 0.1) is 5.69 Å². The van der Waals surface area contributed by atoms with Crippen LogP contribution in [0.25, 0.3) is 11.3 Å². The van der Waals surface area contributed by atoms with E-state index in [2.05, 4.69) is 41.4 Å². The van der Waals surface area contributed by atoms with E-state index in [1.807, 2.05) is 17.5 Å². The minimum absolute atomic E-state index is 0.0853. The fourth-order valence-electron chi connectivity index (χ4n) is 2.50. The predicted octanol–water partition coefficient (Wildman–Crippen LogP) is 3.48. The van der Waals surface area contributed by atoms with Crippen molar-refractivity contribution in [2.45, 2.75) is 32.6 Å². The van der Waals surface area contributed by atoms with Gasteiger partial charge in [-0.25, -0.2) is 9.99 Å². The van der Waals surface area contributed by atoms with Crippen molar-refractivity contribution in [1.29, 1.82) is 0 Å². The first-order chi connectivity index (χ1) is 11.9. The molecule has 1 aliphatic heterocycles. The molecular formula is C18H20N4O2S. The van der Waals surface area contributed by atoms with Crippen molar-refractivity contribution in [3.8, 4) is 11.3 Å². The second kappa shape index (κ2) is 7.14. The first-order valence-corrected chi connectivity index (χ1v) is 9.03. The normalized spacial score (nSPS) is 14.6. The highest BCUT2D eigenvalue weighted by molar-refractivity contribution is 7.14. The van der Waals surface area contributed by atoms with E-state index in [4.69, 9.17) is 0 Å². The molecule has 1 N–H and O–H groups in total. The van der Waals surface area contributed by atoms with Crippen molar-refractivity contribution in [3.05, 3.63) is 35.2 Å². The Morgan fingerprint density at radius 1 is 1.24 bits per heavy atom. The van der Waals surface area contributed by atoms with Gasteiger partial charge in [0.25, 0.3) is 5.91 Å². The molecule has 0 fully saturated rings. The summed E-state index contributed by atoms with van der Waals surface area (Å²) in [5.74, 6) is 0.0916. The topological polar surface area (TPSA) is 74.7 Å². The Balaban J connectivity index is 1.70. The van der Waals surface area contributed by atoms with Gasteiger partial charge in [-0.3, -0.25) is 14.9 Å². The minimum atomic E-state index is -0.310. The maximum atomic E-state index is 12.3. The summed E-state index contributed by atoms with van der Waals surface area (Å²) in [6.07, 6.45) is 0.651. The molecule has 1 aliphatic rings. The maximum Gasteiger partial charge on any atom is 0.273 e. The van der Waals surface area contributed by atoms with Crippen molar-refractivity contribution >= 4 is 34.0 Å². The summed E-state index contributed by atoms with van der Waals surface area (Å²) in [5, 5.41) is 10.4. The molecule has 1 aromatic carbocycles. The van der Waals surface area contributed by atoms with Gasteiger partial charge in [0.2, 0.25) is 5.91 Å². The fraction of sp³-hybridized carbons (Fsp3) is 0.333. The average Bonchev–Trinajstić information content (AvgIpc) is 3.05. The number of amides is 2. The number of hydrogen-bond donors (Lipinski definition) is 1. The molecule has 1 aromatic heterocycles. The van der Waals surface area contributed by atoms with Gasteiger partial charge in [0.1, 0.15) is 5.71 Å². The number of hydrogen-bond acceptors (Lipinski definition) is 5. The van der Waals surface area contributed by atoms with Crippen molar-refractivity contribution < 1.29 is 9.59 Å². The van der Waals surface area contributed by atoms with Crippen LogP contribution in [0.2, 0.25) is 0 Å². The van der Waals surface area contributed by atoms with E-state index >= 15 is 0 Å². The predicted molar refractivity (Wildman–Crippen MR) is 99.7 cm³/mol. The van der Waals surface area contributed by atoms with Crippen LogP contribution in [-0.2, 0) is 9.59 Å². The highest BCUT2D eigenvalue weighted by atomic mass is 32.1. The number of rotatable bonds is 4. The average molecular weight is 356 g/mol. The van der Waals surface area contributed by atoms with Crippen LogP contribution < -0.4 is 5.32 Å². The van der Waals surface area contributed by atoms with Crippen LogP contribution in [0.4, 0.5) is 5.13 Å². The lowest BCUT2D eigenvalue weighted by Crippen LogP contribution is -2.34. The van der Waals surface area contributed by atoms with E-state index in [0.29, 0.717) is 29.6 Å². The highest BCUT2D eigenvalue weighted by Gasteiger charge is 2.22. The van der Waals surface area contributed by atoms with Crippen molar-refractivity contribution in [3.63, 3.8) is 0 Å². The van der Waals surface area contributed by atoms with Crippen molar-refractivity contribution in [2.24, 2.45) is 5.10 Å². The molecule has 25 heavy (non-hydrogen) atoms. The third-order valence-corrected chi connectivity index (χ3v) is 4.82. The third kappa shape index (κ3) is 3.93. The molecule has 0 spiro atoms. The molecule has 0 radical (unpaired) electrons. The van der Waals surface area contributed by atoms with Gasteiger partial charge in [-0.1, -0.05) is 38.1 Å². The Bertz CT molecular complexity index is 824. The summed E-state index contributed by atoms with van der Waals surface area (Å²) in [6.45, 7) is 4.31. The standard InChI is InChI=1S/C18H20N4O2S/c1-11(2)12-4-6-13(7-5-12)15-10-25-18(19-15)20-17(24)14-8-9-16(23)22(3)21-14/h4-7,10-11H,8-9H2,1-3H3,(H,19,20,24). The molecule has 0 saturated carbocycles. The van der Waals surface area contributed by atoms with Crippen LogP contribution in [-0.4, -0.2) is 34.6 Å². The highest BCUT2D eigenvalue weighted by Crippen LogP contribution is 2.26. The number of anilines is 1. The number of benzene rings is 1. The van der Waals surface area contributed by atoms with Gasteiger partial charge in [-0.15, -0.1) is 11.3 Å². The number of nitrogens with one attached hydrogen (secondary N) is 1. The molecular weight excluding hydrogens is 336 g/mol. The Morgan fingerprint density at radius 2 is 1.96 bits per heavy atom. The Hall–Kier alpha value is -2.54. The second-order valence-electron chi connectivity index (χ2n) is 6.23. The first-order valence-electron chi connectivity index (χ1n) is 8.15. The number of nitrogens with zero attached hydrogens (tertiary/aromatic N) is 3. The summed E-state index contributed by atoms with van der Waals surface area (Å²) >= 11 is 1.37. The van der Waals surface area contributed by atoms with Crippen LogP contribution >= 0.6 is 11.3 Å². The van der Waals surface area contributed by atoms with Gasteiger partial charge in [0, 0.05) is 30.8 Å². The van der Waals surface area contributed by atoms with Crippen LogP contribution in [0.1, 0.15) is 38.2 Å². The second-order valence-corrected chi connectivity index (χ2v) is 7.09. The van der Waals surface area contributed by atoms with Gasteiger partial charge in [-0.2, -0.15) is 5.10 Å².